The molecular formula is C22H19N3. The summed E-state index contributed by atoms with van der Waals surface area (Å²) in [5, 5.41) is 0. The summed E-state index contributed by atoms with van der Waals surface area (Å²) >= 11 is 0. The Labute approximate surface area is 146 Å². The van der Waals surface area contributed by atoms with Crippen molar-refractivity contribution in [2.24, 2.45) is 0 Å². The van der Waals surface area contributed by atoms with Crippen LogP contribution in [0.2, 0.25) is 0 Å². The summed E-state index contributed by atoms with van der Waals surface area (Å²) in [4.78, 5) is 4.97. The van der Waals surface area contributed by atoms with Crippen molar-refractivity contribution in [3.8, 4) is 5.69 Å². The molecule has 0 unspecified atom stereocenters. The van der Waals surface area contributed by atoms with E-state index in [2.05, 4.69) is 84.3 Å². The summed E-state index contributed by atoms with van der Waals surface area (Å²) in [6.07, 6.45) is 0. The van der Waals surface area contributed by atoms with Crippen molar-refractivity contribution < 1.29 is 0 Å². The molecule has 5 rings (SSSR count). The van der Waals surface area contributed by atoms with E-state index in [1.165, 1.54) is 33.4 Å². The van der Waals surface area contributed by atoms with Gasteiger partial charge in [0.05, 0.1) is 27.8 Å². The Hall–Kier alpha value is -3.07. The molecule has 122 valence electrons. The third kappa shape index (κ3) is 1.84. The molecule has 0 saturated heterocycles. The van der Waals surface area contributed by atoms with Gasteiger partial charge < -0.3 is 0 Å². The van der Waals surface area contributed by atoms with Gasteiger partial charge in [0.2, 0.25) is 5.78 Å². The molecule has 25 heavy (non-hydrogen) atoms. The van der Waals surface area contributed by atoms with Crippen LogP contribution in [0.15, 0.2) is 60.7 Å². The zero-order valence-corrected chi connectivity index (χ0v) is 14.6. The maximum atomic E-state index is 4.97. The molecule has 0 aliphatic carbocycles. The van der Waals surface area contributed by atoms with Crippen molar-refractivity contribution >= 4 is 27.8 Å². The molecular weight excluding hydrogens is 306 g/mol. The quantitative estimate of drug-likeness (QED) is 0.407. The van der Waals surface area contributed by atoms with Gasteiger partial charge in [0.25, 0.3) is 0 Å². The van der Waals surface area contributed by atoms with Gasteiger partial charge in [-0.1, -0.05) is 36.4 Å². The molecule has 3 nitrogen and oxygen atoms in total. The maximum absolute atomic E-state index is 4.97. The van der Waals surface area contributed by atoms with E-state index in [9.17, 15) is 0 Å². The van der Waals surface area contributed by atoms with Crippen LogP contribution < -0.4 is 0 Å². The number of hydrogen-bond acceptors (Lipinski definition) is 1. The van der Waals surface area contributed by atoms with Crippen molar-refractivity contribution in [1.29, 1.82) is 0 Å². The molecule has 0 spiro atoms. The Balaban J connectivity index is 2.10. The lowest BCUT2D eigenvalue weighted by atomic mass is 10.1. The van der Waals surface area contributed by atoms with Gasteiger partial charge in [-0.05, 0) is 61.7 Å². The number of fused-ring (bicyclic) bond motifs is 5. The summed E-state index contributed by atoms with van der Waals surface area (Å²) in [5.41, 5.74) is 9.65. The van der Waals surface area contributed by atoms with Gasteiger partial charge in [-0.2, -0.15) is 0 Å². The second-order valence-corrected chi connectivity index (χ2v) is 6.73. The Morgan fingerprint density at radius 1 is 0.720 bits per heavy atom. The second kappa shape index (κ2) is 4.96. The van der Waals surface area contributed by atoms with Crippen molar-refractivity contribution in [3.63, 3.8) is 0 Å². The van der Waals surface area contributed by atoms with Gasteiger partial charge in [0.1, 0.15) is 0 Å². The number of aryl methyl sites for hydroxylation is 3. The average molecular weight is 325 g/mol. The van der Waals surface area contributed by atoms with Crippen LogP contribution in [0.5, 0.6) is 0 Å². The van der Waals surface area contributed by atoms with Crippen LogP contribution in [0.1, 0.15) is 16.7 Å². The van der Waals surface area contributed by atoms with Crippen molar-refractivity contribution in [2.45, 2.75) is 20.8 Å². The molecule has 2 aromatic heterocycles. The minimum atomic E-state index is 0.971. The maximum Gasteiger partial charge on any atom is 0.220 e. The van der Waals surface area contributed by atoms with E-state index < -0.39 is 0 Å². The first-order valence-corrected chi connectivity index (χ1v) is 8.60. The molecule has 0 saturated carbocycles. The summed E-state index contributed by atoms with van der Waals surface area (Å²) < 4.78 is 4.59. The van der Waals surface area contributed by atoms with E-state index in [-0.39, 0.29) is 0 Å². The molecule has 0 amide bonds. The molecule has 0 atom stereocenters. The van der Waals surface area contributed by atoms with Gasteiger partial charge in [-0.25, -0.2) is 4.98 Å². The standard InChI is InChI=1S/C22H19N3/c1-14-12-13-20-21(16(14)3)25(18-10-6-4-8-15(18)2)22-23-17-9-5-7-11-19(17)24(20)22/h4-13H,1-3H3. The van der Waals surface area contributed by atoms with Crippen LogP contribution in [0.3, 0.4) is 0 Å². The van der Waals surface area contributed by atoms with E-state index in [1.54, 1.807) is 0 Å². The third-order valence-electron chi connectivity index (χ3n) is 5.24. The Bertz CT molecular complexity index is 1270. The minimum absolute atomic E-state index is 0.971. The molecule has 3 aromatic carbocycles. The molecule has 0 radical (unpaired) electrons. The van der Waals surface area contributed by atoms with Gasteiger partial charge in [0.15, 0.2) is 0 Å². The Morgan fingerprint density at radius 3 is 2.32 bits per heavy atom. The van der Waals surface area contributed by atoms with Crippen LogP contribution >= 0.6 is 0 Å². The van der Waals surface area contributed by atoms with E-state index >= 15 is 0 Å². The van der Waals surface area contributed by atoms with Crippen LogP contribution in [0.4, 0.5) is 0 Å². The average Bonchev–Trinajstić information content (AvgIpc) is 3.14. The van der Waals surface area contributed by atoms with Crippen LogP contribution in [-0.2, 0) is 0 Å². The van der Waals surface area contributed by atoms with Gasteiger partial charge >= 0.3 is 0 Å². The molecule has 3 heteroatoms. The molecule has 0 fully saturated rings. The molecule has 0 aliphatic heterocycles. The zero-order valence-electron chi connectivity index (χ0n) is 14.6. The molecule has 0 aliphatic rings. The largest absolute Gasteiger partial charge is 0.278 e. The molecule has 5 aromatic rings. The lowest BCUT2D eigenvalue weighted by molar-refractivity contribution is 1.08. The van der Waals surface area contributed by atoms with E-state index in [0.717, 1.165) is 16.8 Å². The van der Waals surface area contributed by atoms with Gasteiger partial charge in [0, 0.05) is 0 Å². The molecule has 0 N–H and O–H groups in total. The first-order valence-electron chi connectivity index (χ1n) is 8.60. The molecule has 2 heterocycles. The Kier molecular flexibility index (Phi) is 2.84. The van der Waals surface area contributed by atoms with Crippen LogP contribution in [-0.4, -0.2) is 14.0 Å². The number of imidazole rings is 2. The highest BCUT2D eigenvalue weighted by atomic mass is 15.2. The normalized spacial score (nSPS) is 11.8. The first kappa shape index (κ1) is 14.3. The SMILES string of the molecule is Cc1ccccc1-n1c2c(C)c(C)ccc2n2c3ccccc3nc12. The number of nitrogens with zero attached hydrogens (tertiary/aromatic N) is 3. The predicted molar refractivity (Wildman–Crippen MR) is 104 cm³/mol. The van der Waals surface area contributed by atoms with Gasteiger partial charge in [-0.15, -0.1) is 0 Å². The monoisotopic (exact) mass is 325 g/mol. The van der Waals surface area contributed by atoms with Crippen molar-refractivity contribution in [2.75, 3.05) is 0 Å². The van der Waals surface area contributed by atoms with E-state index in [0.29, 0.717) is 0 Å². The summed E-state index contributed by atoms with van der Waals surface area (Å²) in [7, 11) is 0. The van der Waals surface area contributed by atoms with Crippen molar-refractivity contribution in [3.05, 3.63) is 77.4 Å². The van der Waals surface area contributed by atoms with Crippen molar-refractivity contribution in [1.82, 2.24) is 14.0 Å². The number of benzene rings is 3. The number of para-hydroxylation sites is 3. The summed E-state index contributed by atoms with van der Waals surface area (Å²) in [5.74, 6) is 0.971. The highest BCUT2D eigenvalue weighted by molar-refractivity contribution is 5.94. The topological polar surface area (TPSA) is 22.2 Å². The highest BCUT2D eigenvalue weighted by Crippen LogP contribution is 2.32. The van der Waals surface area contributed by atoms with E-state index in [1.807, 2.05) is 6.07 Å². The highest BCUT2D eigenvalue weighted by Gasteiger charge is 2.19. The fourth-order valence-corrected chi connectivity index (χ4v) is 3.79. The summed E-state index contributed by atoms with van der Waals surface area (Å²) in [6, 6.07) is 21.3. The lowest BCUT2D eigenvalue weighted by Gasteiger charge is -2.11. The third-order valence-corrected chi connectivity index (χ3v) is 5.24. The van der Waals surface area contributed by atoms with Gasteiger partial charge in [-0.3, -0.25) is 8.97 Å². The minimum Gasteiger partial charge on any atom is -0.278 e. The summed E-state index contributed by atoms with van der Waals surface area (Å²) in [6.45, 7) is 6.53. The second-order valence-electron chi connectivity index (χ2n) is 6.73. The fraction of sp³-hybridized carbons (Fsp3) is 0.136. The number of rotatable bonds is 1. The Morgan fingerprint density at radius 2 is 1.48 bits per heavy atom. The van der Waals surface area contributed by atoms with E-state index in [4.69, 9.17) is 4.98 Å². The number of hydrogen-bond donors (Lipinski definition) is 0. The fourth-order valence-electron chi connectivity index (χ4n) is 3.79. The first-order chi connectivity index (χ1) is 12.2. The molecule has 0 bridgehead atoms. The lowest BCUT2D eigenvalue weighted by Crippen LogP contribution is -1.99. The smallest absolute Gasteiger partial charge is 0.220 e. The number of aromatic nitrogens is 3. The predicted octanol–water partition coefficient (Wildman–Crippen LogP) is 5.36. The van der Waals surface area contributed by atoms with Crippen LogP contribution in [0, 0.1) is 20.8 Å². The zero-order chi connectivity index (χ0) is 17.1. The van der Waals surface area contributed by atoms with Crippen LogP contribution in [0.25, 0.3) is 33.5 Å².